The molecule has 0 N–H and O–H groups in total. The quantitative estimate of drug-likeness (QED) is 0.396. The molecule has 0 spiro atoms. The third-order valence-corrected chi connectivity index (χ3v) is 3.00. The highest BCUT2D eigenvalue weighted by molar-refractivity contribution is 8.10. The summed E-state index contributed by atoms with van der Waals surface area (Å²) in [4.78, 5) is 12.7. The first-order valence-electron chi connectivity index (χ1n) is 4.02. The SMILES string of the molecule is CC1(C=O)CCN(C(=S)S)CC1. The average Bonchev–Trinajstić information content (AvgIpc) is 2.05. The summed E-state index contributed by atoms with van der Waals surface area (Å²) in [6.07, 6.45) is 2.83. The summed E-state index contributed by atoms with van der Waals surface area (Å²) < 4.78 is 0.642. The summed E-state index contributed by atoms with van der Waals surface area (Å²) in [6.45, 7) is 3.72. The van der Waals surface area contributed by atoms with E-state index in [9.17, 15) is 4.79 Å². The molecule has 0 saturated carbocycles. The molecule has 0 aromatic heterocycles. The molecule has 12 heavy (non-hydrogen) atoms. The molecule has 0 aromatic carbocycles. The first-order valence-corrected chi connectivity index (χ1v) is 4.87. The van der Waals surface area contributed by atoms with Crippen molar-refractivity contribution in [2.45, 2.75) is 19.8 Å². The minimum atomic E-state index is -0.130. The van der Waals surface area contributed by atoms with Crippen molar-refractivity contribution in [2.24, 2.45) is 5.41 Å². The molecule has 4 heteroatoms. The molecule has 1 rings (SSSR count). The maximum absolute atomic E-state index is 10.7. The molecular weight excluding hydrogens is 190 g/mol. The second-order valence-corrected chi connectivity index (χ2v) is 4.65. The number of hydrogen-bond acceptors (Lipinski definition) is 2. The number of rotatable bonds is 1. The van der Waals surface area contributed by atoms with E-state index < -0.39 is 0 Å². The van der Waals surface area contributed by atoms with Crippen LogP contribution in [-0.4, -0.2) is 28.6 Å². The van der Waals surface area contributed by atoms with Crippen molar-refractivity contribution in [1.82, 2.24) is 4.90 Å². The number of likely N-dealkylation sites (tertiary alicyclic amines) is 1. The Balaban J connectivity index is 2.49. The Morgan fingerprint density at radius 3 is 2.42 bits per heavy atom. The van der Waals surface area contributed by atoms with E-state index in [0.29, 0.717) is 4.32 Å². The summed E-state index contributed by atoms with van der Waals surface area (Å²) in [5.74, 6) is 0. The summed E-state index contributed by atoms with van der Waals surface area (Å²) >= 11 is 9.02. The van der Waals surface area contributed by atoms with Crippen LogP contribution < -0.4 is 0 Å². The summed E-state index contributed by atoms with van der Waals surface area (Å²) in [6, 6.07) is 0. The zero-order valence-corrected chi connectivity index (χ0v) is 8.83. The minimum Gasteiger partial charge on any atom is -0.358 e. The third kappa shape index (κ3) is 2.20. The average molecular weight is 203 g/mol. The van der Waals surface area contributed by atoms with E-state index in [-0.39, 0.29) is 5.41 Å². The van der Waals surface area contributed by atoms with E-state index in [0.717, 1.165) is 32.2 Å². The molecule has 0 amide bonds. The molecule has 1 aliphatic heterocycles. The number of nitrogens with zero attached hydrogens (tertiary/aromatic N) is 1. The van der Waals surface area contributed by atoms with Crippen LogP contribution >= 0.6 is 24.8 Å². The number of carbonyl (C=O) groups excluding carboxylic acids is 1. The highest BCUT2D eigenvalue weighted by Crippen LogP contribution is 2.28. The minimum absolute atomic E-state index is 0.130. The largest absolute Gasteiger partial charge is 0.358 e. The second kappa shape index (κ2) is 3.75. The summed E-state index contributed by atoms with van der Waals surface area (Å²) in [7, 11) is 0. The van der Waals surface area contributed by atoms with Crippen molar-refractivity contribution >= 4 is 35.5 Å². The van der Waals surface area contributed by atoms with Crippen LogP contribution in [0.1, 0.15) is 19.8 Å². The van der Waals surface area contributed by atoms with Crippen molar-refractivity contribution in [3.8, 4) is 0 Å². The lowest BCUT2D eigenvalue weighted by Gasteiger charge is -2.36. The highest BCUT2D eigenvalue weighted by atomic mass is 32.1. The van der Waals surface area contributed by atoms with Gasteiger partial charge < -0.3 is 9.69 Å². The zero-order valence-electron chi connectivity index (χ0n) is 7.12. The smallest absolute Gasteiger partial charge is 0.133 e. The van der Waals surface area contributed by atoms with Crippen molar-refractivity contribution < 1.29 is 4.79 Å². The summed E-state index contributed by atoms with van der Waals surface area (Å²) in [5, 5.41) is 0. The topological polar surface area (TPSA) is 20.3 Å². The fraction of sp³-hybridized carbons (Fsp3) is 0.750. The van der Waals surface area contributed by atoms with Gasteiger partial charge in [-0.15, -0.1) is 12.6 Å². The first-order chi connectivity index (χ1) is 5.57. The molecule has 0 aromatic rings. The number of aldehydes is 1. The third-order valence-electron chi connectivity index (χ3n) is 2.46. The molecule has 1 saturated heterocycles. The van der Waals surface area contributed by atoms with Gasteiger partial charge in [0.15, 0.2) is 0 Å². The fourth-order valence-corrected chi connectivity index (χ4v) is 1.71. The van der Waals surface area contributed by atoms with E-state index in [1.807, 2.05) is 11.8 Å². The Hall–Kier alpha value is -0.0900. The van der Waals surface area contributed by atoms with Crippen LogP contribution in [0.2, 0.25) is 0 Å². The van der Waals surface area contributed by atoms with Gasteiger partial charge in [0.1, 0.15) is 10.6 Å². The monoisotopic (exact) mass is 203 g/mol. The second-order valence-electron chi connectivity index (χ2n) is 3.54. The molecule has 68 valence electrons. The van der Waals surface area contributed by atoms with Crippen LogP contribution in [0.25, 0.3) is 0 Å². The number of thiol groups is 1. The van der Waals surface area contributed by atoms with Crippen LogP contribution in [-0.2, 0) is 4.79 Å². The Bertz CT molecular complexity index is 197. The molecular formula is C8H13NOS2. The lowest BCUT2D eigenvalue weighted by Crippen LogP contribution is -2.40. The molecule has 0 radical (unpaired) electrons. The van der Waals surface area contributed by atoms with Gasteiger partial charge in [0.2, 0.25) is 0 Å². The van der Waals surface area contributed by atoms with Gasteiger partial charge in [0.05, 0.1) is 0 Å². The molecule has 1 aliphatic rings. The zero-order chi connectivity index (χ0) is 9.19. The van der Waals surface area contributed by atoms with Crippen LogP contribution in [0.3, 0.4) is 0 Å². The predicted octanol–water partition coefficient (Wildman–Crippen LogP) is 1.50. The van der Waals surface area contributed by atoms with E-state index in [2.05, 4.69) is 12.6 Å². The van der Waals surface area contributed by atoms with E-state index in [4.69, 9.17) is 12.2 Å². The van der Waals surface area contributed by atoms with E-state index in [1.165, 1.54) is 0 Å². The predicted molar refractivity (Wildman–Crippen MR) is 56.6 cm³/mol. The van der Waals surface area contributed by atoms with Crippen molar-refractivity contribution in [3.05, 3.63) is 0 Å². The number of carbonyl (C=O) groups is 1. The Kier molecular flexibility index (Phi) is 3.12. The van der Waals surface area contributed by atoms with Crippen LogP contribution in [0.5, 0.6) is 0 Å². The fourth-order valence-electron chi connectivity index (χ4n) is 1.33. The molecule has 0 aliphatic carbocycles. The molecule has 0 unspecified atom stereocenters. The van der Waals surface area contributed by atoms with E-state index in [1.54, 1.807) is 0 Å². The molecule has 1 heterocycles. The van der Waals surface area contributed by atoms with Gasteiger partial charge >= 0.3 is 0 Å². The van der Waals surface area contributed by atoms with Crippen LogP contribution in [0, 0.1) is 5.41 Å². The van der Waals surface area contributed by atoms with Gasteiger partial charge in [0, 0.05) is 18.5 Å². The van der Waals surface area contributed by atoms with Crippen molar-refractivity contribution in [3.63, 3.8) is 0 Å². The first kappa shape index (κ1) is 9.99. The van der Waals surface area contributed by atoms with Gasteiger partial charge in [-0.1, -0.05) is 19.1 Å². The maximum atomic E-state index is 10.7. The summed E-state index contributed by atoms with van der Waals surface area (Å²) in [5.41, 5.74) is -0.130. The van der Waals surface area contributed by atoms with Gasteiger partial charge in [-0.3, -0.25) is 0 Å². The van der Waals surface area contributed by atoms with Crippen LogP contribution in [0.15, 0.2) is 0 Å². The van der Waals surface area contributed by atoms with Crippen molar-refractivity contribution in [1.29, 1.82) is 0 Å². The molecule has 0 bridgehead atoms. The van der Waals surface area contributed by atoms with Crippen LogP contribution in [0.4, 0.5) is 0 Å². The standard InChI is InChI=1S/C8H13NOS2/c1-8(6-10)2-4-9(5-3-8)7(11)12/h6H,2-5H2,1H3,(H,11,12). The lowest BCUT2D eigenvalue weighted by molar-refractivity contribution is -0.117. The maximum Gasteiger partial charge on any atom is 0.133 e. The van der Waals surface area contributed by atoms with Gasteiger partial charge in [-0.2, -0.15) is 0 Å². The molecule has 2 nitrogen and oxygen atoms in total. The van der Waals surface area contributed by atoms with Gasteiger partial charge in [0.25, 0.3) is 0 Å². The Morgan fingerprint density at radius 1 is 1.58 bits per heavy atom. The molecule has 0 atom stereocenters. The number of hydrogen-bond donors (Lipinski definition) is 1. The van der Waals surface area contributed by atoms with Gasteiger partial charge in [-0.25, -0.2) is 0 Å². The highest BCUT2D eigenvalue weighted by Gasteiger charge is 2.29. The number of thiocarbonyl (C=S) groups is 1. The normalized spacial score (nSPS) is 22.0. The number of piperidine rings is 1. The van der Waals surface area contributed by atoms with Crippen molar-refractivity contribution in [2.75, 3.05) is 13.1 Å². The van der Waals surface area contributed by atoms with Gasteiger partial charge in [-0.05, 0) is 12.8 Å². The Labute approximate surface area is 83.7 Å². The molecule has 1 fully saturated rings. The van der Waals surface area contributed by atoms with E-state index >= 15 is 0 Å². The Morgan fingerprint density at radius 2 is 2.08 bits per heavy atom. The lowest BCUT2D eigenvalue weighted by atomic mass is 9.82.